The third kappa shape index (κ3) is 7.51. The average Bonchev–Trinajstić information content (AvgIpc) is 2.77. The molecule has 1 aliphatic carbocycles. The summed E-state index contributed by atoms with van der Waals surface area (Å²) in [7, 11) is 0. The molecule has 0 heterocycles. The van der Waals surface area contributed by atoms with Crippen LogP contribution in [0.1, 0.15) is 5.56 Å². The Hall–Kier alpha value is -1.47. The third-order valence-electron chi connectivity index (χ3n) is 3.68. The molecule has 0 saturated carbocycles. The van der Waals surface area contributed by atoms with E-state index in [1.165, 1.54) is 0 Å². The normalized spacial score (nSPS) is 15.4. The Morgan fingerprint density at radius 3 is 1.62 bits per heavy atom. The number of halogens is 8. The SMILES string of the molecule is Clc1cccc(Cl)c1Cl.N#Cc1ccccc1.O=[N+]([O-])C1=C([N+](=O)[O-])C(Cl)(Cl)C(Cl)(Cl)C(Cl)=C1. The Morgan fingerprint density at radius 2 is 1.26 bits per heavy atom. The van der Waals surface area contributed by atoms with E-state index < -0.39 is 34.9 Å². The summed E-state index contributed by atoms with van der Waals surface area (Å²) in [5.41, 5.74) is -1.39. The van der Waals surface area contributed by atoms with Crippen LogP contribution in [0, 0.1) is 31.6 Å². The fourth-order valence-corrected chi connectivity index (χ4v) is 3.76. The molecule has 0 unspecified atom stereocenters. The lowest BCUT2D eigenvalue weighted by Crippen LogP contribution is -2.44. The monoisotopic (exact) mass is 623 g/mol. The second-order valence-electron chi connectivity index (χ2n) is 5.90. The average molecular weight is 627 g/mol. The van der Waals surface area contributed by atoms with Gasteiger partial charge in [0.15, 0.2) is 4.33 Å². The summed E-state index contributed by atoms with van der Waals surface area (Å²) in [6.07, 6.45) is 0.642. The largest absolute Gasteiger partial charge is 0.361 e. The molecule has 2 aromatic carbocycles. The minimum atomic E-state index is -2.55. The number of nitriles is 1. The van der Waals surface area contributed by atoms with Crippen molar-refractivity contribution < 1.29 is 9.85 Å². The van der Waals surface area contributed by atoms with Crippen LogP contribution in [0.15, 0.2) is 71.0 Å². The van der Waals surface area contributed by atoms with Gasteiger partial charge in [-0.15, -0.1) is 0 Å². The fourth-order valence-electron chi connectivity index (χ4n) is 2.08. The van der Waals surface area contributed by atoms with Gasteiger partial charge in [0, 0.05) is 6.08 Å². The summed E-state index contributed by atoms with van der Waals surface area (Å²) in [4.78, 5) is 19.2. The molecule has 0 spiro atoms. The van der Waals surface area contributed by atoms with Gasteiger partial charge in [-0.2, -0.15) is 5.26 Å². The first-order chi connectivity index (χ1) is 15.7. The Bertz CT molecular complexity index is 1160. The number of hydrogen-bond acceptors (Lipinski definition) is 5. The minimum absolute atomic E-state index is 0.417. The van der Waals surface area contributed by atoms with Crippen molar-refractivity contribution in [3.05, 3.63) is 112 Å². The standard InChI is InChI=1S/C7H5N.C6HCl5N2O4.C6H3Cl3/c8-6-7-4-2-1-3-5-7;7-3-1-2(12(14)15)4(13(16)17)6(10,11)5(3,8)9;7-4-2-1-3-5(8)6(4)9/h1-5H;1H;1-3H. The van der Waals surface area contributed by atoms with Gasteiger partial charge >= 0.3 is 11.4 Å². The topological polar surface area (TPSA) is 110 Å². The Morgan fingerprint density at radius 1 is 0.765 bits per heavy atom. The van der Waals surface area contributed by atoms with Crippen LogP contribution in [0.2, 0.25) is 15.1 Å². The summed E-state index contributed by atoms with van der Waals surface area (Å²) in [6.45, 7) is 0. The van der Waals surface area contributed by atoms with E-state index in [4.69, 9.17) is 98.1 Å². The maximum absolute atomic E-state index is 10.8. The molecule has 15 heteroatoms. The molecule has 34 heavy (non-hydrogen) atoms. The lowest BCUT2D eigenvalue weighted by molar-refractivity contribution is -0.471. The minimum Gasteiger partial charge on any atom is -0.258 e. The molecule has 0 atom stereocenters. The molecule has 0 bridgehead atoms. The van der Waals surface area contributed by atoms with Crippen LogP contribution < -0.4 is 0 Å². The Kier molecular flexibility index (Phi) is 11.7. The third-order valence-corrected chi connectivity index (χ3v) is 7.79. The summed E-state index contributed by atoms with van der Waals surface area (Å²) >= 11 is 45.0. The first-order valence-corrected chi connectivity index (χ1v) is 11.4. The van der Waals surface area contributed by atoms with Crippen molar-refractivity contribution in [2.24, 2.45) is 0 Å². The van der Waals surface area contributed by atoms with Crippen molar-refractivity contribution in [3.8, 4) is 6.07 Å². The molecule has 2 aromatic rings. The fraction of sp³-hybridized carbons (Fsp3) is 0.105. The summed E-state index contributed by atoms with van der Waals surface area (Å²) < 4.78 is -4.80. The Labute approximate surface area is 233 Å². The highest BCUT2D eigenvalue weighted by atomic mass is 35.5. The molecule has 0 aromatic heterocycles. The number of hydrogen-bond donors (Lipinski definition) is 0. The predicted octanol–water partition coefficient (Wildman–Crippen LogP) is 8.44. The zero-order chi connectivity index (χ0) is 26.3. The van der Waals surface area contributed by atoms with Gasteiger partial charge in [0.2, 0.25) is 0 Å². The molecule has 3 rings (SSSR count). The van der Waals surface area contributed by atoms with E-state index in [9.17, 15) is 20.2 Å². The van der Waals surface area contributed by atoms with Gasteiger partial charge in [0.1, 0.15) is 0 Å². The molecule has 0 radical (unpaired) electrons. The Balaban J connectivity index is 0.000000284. The van der Waals surface area contributed by atoms with Gasteiger partial charge in [-0.25, -0.2) is 0 Å². The van der Waals surface area contributed by atoms with E-state index in [1.54, 1.807) is 30.3 Å². The lowest BCUT2D eigenvalue weighted by Gasteiger charge is -2.31. The van der Waals surface area contributed by atoms with Crippen molar-refractivity contribution in [2.75, 3.05) is 0 Å². The van der Waals surface area contributed by atoms with Crippen molar-refractivity contribution in [1.29, 1.82) is 5.26 Å². The molecule has 1 aliphatic rings. The highest BCUT2D eigenvalue weighted by Crippen LogP contribution is 2.56. The highest BCUT2D eigenvalue weighted by molar-refractivity contribution is 6.67. The quantitative estimate of drug-likeness (QED) is 0.144. The molecule has 180 valence electrons. The lowest BCUT2D eigenvalue weighted by atomic mass is 10.1. The van der Waals surface area contributed by atoms with E-state index in [0.29, 0.717) is 26.7 Å². The number of nitro groups is 2. The van der Waals surface area contributed by atoms with Gasteiger partial charge in [-0.1, -0.05) is 117 Å². The first kappa shape index (κ1) is 30.6. The van der Waals surface area contributed by atoms with E-state index in [2.05, 4.69) is 0 Å². The maximum Gasteiger partial charge on any atom is 0.361 e. The highest BCUT2D eigenvalue weighted by Gasteiger charge is 2.64. The number of benzene rings is 2. The van der Waals surface area contributed by atoms with E-state index in [-0.39, 0.29) is 0 Å². The number of nitrogens with zero attached hydrogens (tertiary/aromatic N) is 3. The number of rotatable bonds is 2. The molecular weight excluding hydrogens is 618 g/mol. The zero-order valence-electron chi connectivity index (χ0n) is 16.2. The van der Waals surface area contributed by atoms with E-state index >= 15 is 0 Å². The second-order valence-corrected chi connectivity index (χ2v) is 10.2. The summed E-state index contributed by atoms with van der Waals surface area (Å²) in [5.74, 6) is 0. The smallest absolute Gasteiger partial charge is 0.258 e. The molecule has 0 N–H and O–H groups in total. The zero-order valence-corrected chi connectivity index (χ0v) is 22.2. The van der Waals surface area contributed by atoms with Gasteiger partial charge in [-0.05, 0) is 24.3 Å². The van der Waals surface area contributed by atoms with E-state index in [1.807, 2.05) is 24.3 Å². The predicted molar refractivity (Wildman–Crippen MR) is 136 cm³/mol. The maximum atomic E-state index is 10.8. The van der Waals surface area contributed by atoms with Crippen molar-refractivity contribution in [2.45, 2.75) is 8.67 Å². The summed E-state index contributed by atoms with van der Waals surface area (Å²) in [5, 5.41) is 30.6. The van der Waals surface area contributed by atoms with Crippen LogP contribution in [-0.2, 0) is 0 Å². The number of alkyl halides is 4. The van der Waals surface area contributed by atoms with Gasteiger partial charge < -0.3 is 0 Å². The van der Waals surface area contributed by atoms with Crippen LogP contribution in [0.3, 0.4) is 0 Å². The molecule has 7 nitrogen and oxygen atoms in total. The van der Waals surface area contributed by atoms with E-state index in [0.717, 1.165) is 0 Å². The second kappa shape index (κ2) is 13.0. The first-order valence-electron chi connectivity index (χ1n) is 8.40. The van der Waals surface area contributed by atoms with Gasteiger partial charge in [0.05, 0.1) is 41.6 Å². The van der Waals surface area contributed by atoms with Crippen LogP contribution >= 0.6 is 92.8 Å². The van der Waals surface area contributed by atoms with Crippen molar-refractivity contribution in [3.63, 3.8) is 0 Å². The van der Waals surface area contributed by atoms with Crippen LogP contribution in [-0.4, -0.2) is 18.5 Å². The molecule has 0 fully saturated rings. The molecular formula is C19H9Cl8N3O4. The molecule has 0 amide bonds. The van der Waals surface area contributed by atoms with Gasteiger partial charge in [-0.3, -0.25) is 20.2 Å². The van der Waals surface area contributed by atoms with Crippen molar-refractivity contribution in [1.82, 2.24) is 0 Å². The van der Waals surface area contributed by atoms with Crippen LogP contribution in [0.4, 0.5) is 0 Å². The van der Waals surface area contributed by atoms with Crippen LogP contribution in [0.25, 0.3) is 0 Å². The molecule has 0 aliphatic heterocycles. The molecule has 0 saturated heterocycles. The number of allylic oxidation sites excluding steroid dienone is 3. The van der Waals surface area contributed by atoms with Gasteiger partial charge in [0.25, 0.3) is 4.33 Å². The van der Waals surface area contributed by atoms with Crippen molar-refractivity contribution >= 4 is 92.8 Å². The summed E-state index contributed by atoms with van der Waals surface area (Å²) in [6, 6.07) is 16.3. The van der Waals surface area contributed by atoms with Crippen LogP contribution in [0.5, 0.6) is 0 Å².